The zero-order valence-electron chi connectivity index (χ0n) is 14.2. The van der Waals surface area contributed by atoms with Gasteiger partial charge < -0.3 is 15.2 Å². The van der Waals surface area contributed by atoms with E-state index in [9.17, 15) is 4.79 Å². The van der Waals surface area contributed by atoms with Crippen molar-refractivity contribution in [1.82, 2.24) is 4.98 Å². The van der Waals surface area contributed by atoms with Gasteiger partial charge in [-0.3, -0.25) is 4.79 Å². The predicted octanol–water partition coefficient (Wildman–Crippen LogP) is 4.20. The molecule has 0 aliphatic rings. The summed E-state index contributed by atoms with van der Waals surface area (Å²) >= 11 is 0. The molecule has 4 nitrogen and oxygen atoms in total. The number of amides is 1. The lowest BCUT2D eigenvalue weighted by atomic mass is 10.1. The van der Waals surface area contributed by atoms with Crippen LogP contribution < -0.4 is 10.2 Å². The van der Waals surface area contributed by atoms with Gasteiger partial charge in [-0.25, -0.2) is 0 Å². The first-order valence-electron chi connectivity index (χ1n) is 8.41. The van der Waals surface area contributed by atoms with Crippen molar-refractivity contribution < 1.29 is 4.79 Å². The largest absolute Gasteiger partial charge is 0.372 e. The first-order valence-corrected chi connectivity index (χ1v) is 8.41. The third-order valence-electron chi connectivity index (χ3n) is 4.31. The van der Waals surface area contributed by atoms with Crippen LogP contribution in [0, 0.1) is 0 Å². The molecule has 0 saturated carbocycles. The molecule has 3 rings (SSSR count). The number of hydrogen-bond acceptors (Lipinski definition) is 2. The number of aromatic nitrogens is 1. The SMILES string of the molecule is CCN(CC)c1ccc(NC(=O)Cc2c[nH]c3ccccc23)cc1. The molecule has 1 aromatic heterocycles. The number of nitrogens with zero attached hydrogens (tertiary/aromatic N) is 1. The van der Waals surface area contributed by atoms with Gasteiger partial charge >= 0.3 is 0 Å². The van der Waals surface area contributed by atoms with Crippen molar-refractivity contribution in [1.29, 1.82) is 0 Å². The van der Waals surface area contributed by atoms with Crippen LogP contribution in [0.2, 0.25) is 0 Å². The molecule has 0 aliphatic carbocycles. The molecule has 1 amide bonds. The lowest BCUT2D eigenvalue weighted by Gasteiger charge is -2.21. The monoisotopic (exact) mass is 321 g/mol. The second-order valence-corrected chi connectivity index (χ2v) is 5.80. The normalized spacial score (nSPS) is 10.8. The second-order valence-electron chi connectivity index (χ2n) is 5.80. The van der Waals surface area contributed by atoms with Crippen LogP contribution in [0.5, 0.6) is 0 Å². The number of H-pyrrole nitrogens is 1. The van der Waals surface area contributed by atoms with Gasteiger partial charge in [-0.1, -0.05) is 18.2 Å². The number of nitrogens with one attached hydrogen (secondary N) is 2. The van der Waals surface area contributed by atoms with Gasteiger partial charge in [0.1, 0.15) is 0 Å². The van der Waals surface area contributed by atoms with E-state index in [1.807, 2.05) is 54.7 Å². The first-order chi connectivity index (χ1) is 11.7. The van der Waals surface area contributed by atoms with E-state index in [-0.39, 0.29) is 5.91 Å². The molecule has 1 heterocycles. The maximum atomic E-state index is 12.3. The summed E-state index contributed by atoms with van der Waals surface area (Å²) in [5, 5.41) is 4.08. The van der Waals surface area contributed by atoms with Crippen molar-refractivity contribution in [3.63, 3.8) is 0 Å². The van der Waals surface area contributed by atoms with Gasteiger partial charge in [0.2, 0.25) is 5.91 Å². The molecule has 2 aromatic carbocycles. The van der Waals surface area contributed by atoms with E-state index >= 15 is 0 Å². The molecule has 0 fully saturated rings. The Bertz CT molecular complexity index is 816. The molecule has 0 aliphatic heterocycles. The fraction of sp³-hybridized carbons (Fsp3) is 0.250. The van der Waals surface area contributed by atoms with Gasteiger partial charge in [-0.2, -0.15) is 0 Å². The maximum Gasteiger partial charge on any atom is 0.228 e. The minimum absolute atomic E-state index is 0.00431. The summed E-state index contributed by atoms with van der Waals surface area (Å²) in [6, 6.07) is 16.0. The van der Waals surface area contributed by atoms with Gasteiger partial charge in [-0.05, 0) is 49.7 Å². The van der Waals surface area contributed by atoms with Crippen LogP contribution in [0.15, 0.2) is 54.7 Å². The third kappa shape index (κ3) is 3.43. The molecular weight excluding hydrogens is 298 g/mol. The highest BCUT2D eigenvalue weighted by atomic mass is 16.1. The summed E-state index contributed by atoms with van der Waals surface area (Å²) in [6.45, 7) is 6.23. The Kier molecular flexibility index (Phi) is 4.85. The molecular formula is C20H23N3O. The van der Waals surface area contributed by atoms with E-state index < -0.39 is 0 Å². The highest BCUT2D eigenvalue weighted by Crippen LogP contribution is 2.20. The summed E-state index contributed by atoms with van der Waals surface area (Å²) in [5.74, 6) is -0.00431. The Morgan fingerprint density at radius 3 is 2.46 bits per heavy atom. The lowest BCUT2D eigenvalue weighted by Crippen LogP contribution is -2.21. The van der Waals surface area contributed by atoms with Crippen LogP contribution in [0.25, 0.3) is 10.9 Å². The molecule has 0 bridgehead atoms. The average molecular weight is 321 g/mol. The van der Waals surface area contributed by atoms with Gasteiger partial charge in [0.25, 0.3) is 0 Å². The van der Waals surface area contributed by atoms with Gasteiger partial charge in [0.05, 0.1) is 6.42 Å². The Balaban J connectivity index is 1.66. The second kappa shape index (κ2) is 7.21. The average Bonchev–Trinajstić information content (AvgIpc) is 3.00. The van der Waals surface area contributed by atoms with Gasteiger partial charge in [0, 0.05) is 41.6 Å². The van der Waals surface area contributed by atoms with Crippen molar-refractivity contribution in [2.75, 3.05) is 23.3 Å². The number of benzene rings is 2. The number of hydrogen-bond donors (Lipinski definition) is 2. The van der Waals surface area contributed by atoms with Crippen LogP contribution >= 0.6 is 0 Å². The van der Waals surface area contributed by atoms with Crippen LogP contribution in [-0.4, -0.2) is 24.0 Å². The molecule has 124 valence electrons. The molecule has 24 heavy (non-hydrogen) atoms. The van der Waals surface area contributed by atoms with E-state index in [0.717, 1.165) is 35.2 Å². The van der Waals surface area contributed by atoms with E-state index in [4.69, 9.17) is 0 Å². The van der Waals surface area contributed by atoms with Crippen LogP contribution in [0.4, 0.5) is 11.4 Å². The number of para-hydroxylation sites is 1. The highest BCUT2D eigenvalue weighted by molar-refractivity contribution is 5.95. The third-order valence-corrected chi connectivity index (χ3v) is 4.31. The minimum atomic E-state index is -0.00431. The zero-order valence-corrected chi connectivity index (χ0v) is 14.2. The molecule has 0 atom stereocenters. The number of anilines is 2. The minimum Gasteiger partial charge on any atom is -0.372 e. The van der Waals surface area contributed by atoms with Crippen LogP contribution in [-0.2, 0) is 11.2 Å². The quantitative estimate of drug-likeness (QED) is 0.715. The summed E-state index contributed by atoms with van der Waals surface area (Å²) in [7, 11) is 0. The summed E-state index contributed by atoms with van der Waals surface area (Å²) in [4.78, 5) is 17.8. The summed E-state index contributed by atoms with van der Waals surface area (Å²) in [6.07, 6.45) is 2.27. The first kappa shape index (κ1) is 16.1. The van der Waals surface area contributed by atoms with E-state index in [2.05, 4.69) is 29.0 Å². The number of rotatable bonds is 6. The Labute approximate surface area is 142 Å². The van der Waals surface area contributed by atoms with Crippen molar-refractivity contribution >= 4 is 28.2 Å². The molecule has 3 aromatic rings. The molecule has 4 heteroatoms. The molecule has 0 radical (unpaired) electrons. The lowest BCUT2D eigenvalue weighted by molar-refractivity contribution is -0.115. The molecule has 0 saturated heterocycles. The number of fused-ring (bicyclic) bond motifs is 1. The van der Waals surface area contributed by atoms with Crippen LogP contribution in [0.1, 0.15) is 19.4 Å². The van der Waals surface area contributed by atoms with Crippen LogP contribution in [0.3, 0.4) is 0 Å². The van der Waals surface area contributed by atoms with E-state index in [0.29, 0.717) is 6.42 Å². The van der Waals surface area contributed by atoms with Gasteiger partial charge in [0.15, 0.2) is 0 Å². The molecule has 2 N–H and O–H groups in total. The topological polar surface area (TPSA) is 48.1 Å². The fourth-order valence-electron chi connectivity index (χ4n) is 3.00. The molecule has 0 unspecified atom stereocenters. The number of aromatic amines is 1. The summed E-state index contributed by atoms with van der Waals surface area (Å²) < 4.78 is 0. The van der Waals surface area contributed by atoms with Crippen molar-refractivity contribution in [3.05, 3.63) is 60.3 Å². The van der Waals surface area contributed by atoms with Crippen molar-refractivity contribution in [2.24, 2.45) is 0 Å². The molecule has 0 spiro atoms. The van der Waals surface area contributed by atoms with Crippen molar-refractivity contribution in [3.8, 4) is 0 Å². The fourth-order valence-corrected chi connectivity index (χ4v) is 3.00. The zero-order chi connectivity index (χ0) is 16.9. The Hall–Kier alpha value is -2.75. The van der Waals surface area contributed by atoms with E-state index in [1.54, 1.807) is 0 Å². The smallest absolute Gasteiger partial charge is 0.228 e. The standard InChI is InChI=1S/C20H23N3O/c1-3-23(4-2)17-11-9-16(10-12-17)22-20(24)13-15-14-21-19-8-6-5-7-18(15)19/h5-12,14,21H,3-4,13H2,1-2H3,(H,22,24). The number of carbonyl (C=O) groups is 1. The van der Waals surface area contributed by atoms with Crippen molar-refractivity contribution in [2.45, 2.75) is 20.3 Å². The predicted molar refractivity (Wildman–Crippen MR) is 101 cm³/mol. The maximum absolute atomic E-state index is 12.3. The number of carbonyl (C=O) groups excluding carboxylic acids is 1. The van der Waals surface area contributed by atoms with Gasteiger partial charge in [-0.15, -0.1) is 0 Å². The summed E-state index contributed by atoms with van der Waals surface area (Å²) in [5.41, 5.74) is 4.08. The Morgan fingerprint density at radius 1 is 1.04 bits per heavy atom. The Morgan fingerprint density at radius 2 is 1.75 bits per heavy atom. The van der Waals surface area contributed by atoms with E-state index in [1.165, 1.54) is 5.69 Å². The highest BCUT2D eigenvalue weighted by Gasteiger charge is 2.09.